The first-order chi connectivity index (χ1) is 7.81. The van der Waals surface area contributed by atoms with Crippen LogP contribution in [0.15, 0.2) is 22.7 Å². The number of benzene rings is 1. The largest absolute Gasteiger partial charge is 0.493 e. The van der Waals surface area contributed by atoms with Crippen LogP contribution in [0.3, 0.4) is 0 Å². The molecule has 0 aromatic heterocycles. The van der Waals surface area contributed by atoms with Gasteiger partial charge >= 0.3 is 0 Å². The molecule has 0 aliphatic rings. The highest BCUT2D eigenvalue weighted by molar-refractivity contribution is 9.10. The lowest BCUT2D eigenvalue weighted by atomic mass is 9.88. The van der Waals surface area contributed by atoms with Crippen LogP contribution in [0.1, 0.15) is 20.3 Å². The van der Waals surface area contributed by atoms with Gasteiger partial charge in [0.05, 0.1) is 12.4 Å². The first kappa shape index (κ1) is 14.0. The molecule has 3 N–H and O–H groups in total. The van der Waals surface area contributed by atoms with Crippen molar-refractivity contribution < 1.29 is 9.13 Å². The maximum absolute atomic E-state index is 13.1. The summed E-state index contributed by atoms with van der Waals surface area (Å²) in [7, 11) is 0. The molecule has 1 rings (SSSR count). The van der Waals surface area contributed by atoms with Crippen LogP contribution in [0.5, 0.6) is 5.75 Å². The molecule has 0 amide bonds. The van der Waals surface area contributed by atoms with Crippen LogP contribution in [-0.4, -0.2) is 12.4 Å². The van der Waals surface area contributed by atoms with Crippen molar-refractivity contribution in [1.82, 2.24) is 0 Å². The van der Waals surface area contributed by atoms with E-state index in [9.17, 15) is 4.39 Å². The molecule has 0 radical (unpaired) electrons. The van der Waals surface area contributed by atoms with Gasteiger partial charge in [0.2, 0.25) is 0 Å². The average molecular weight is 303 g/mol. The topological polar surface area (TPSA) is 59.1 Å². The molecule has 0 bridgehead atoms. The van der Waals surface area contributed by atoms with Crippen LogP contribution < -0.4 is 10.5 Å². The van der Waals surface area contributed by atoms with E-state index in [1.54, 1.807) is 6.07 Å². The molecule has 0 heterocycles. The predicted octanol–water partition coefficient (Wildman–Crippen LogP) is 3.32. The van der Waals surface area contributed by atoms with Gasteiger partial charge in [-0.2, -0.15) is 0 Å². The van der Waals surface area contributed by atoms with Gasteiger partial charge in [-0.15, -0.1) is 0 Å². The summed E-state index contributed by atoms with van der Waals surface area (Å²) in [5.41, 5.74) is 5.06. The van der Waals surface area contributed by atoms with Gasteiger partial charge in [-0.25, -0.2) is 4.39 Å². The molecular weight excluding hydrogens is 287 g/mol. The molecule has 0 atom stereocenters. The molecule has 0 saturated heterocycles. The van der Waals surface area contributed by atoms with Crippen molar-refractivity contribution in [3.63, 3.8) is 0 Å². The number of nitrogens with two attached hydrogens (primary N) is 1. The van der Waals surface area contributed by atoms with E-state index in [1.807, 2.05) is 13.8 Å². The molecule has 0 unspecified atom stereocenters. The smallest absolute Gasteiger partial charge is 0.128 e. The molecule has 0 spiro atoms. The third kappa shape index (κ3) is 4.34. The normalized spacial score (nSPS) is 11.3. The Morgan fingerprint density at radius 1 is 1.47 bits per heavy atom. The summed E-state index contributed by atoms with van der Waals surface area (Å²) in [6.07, 6.45) is 0.608. The second-order valence-corrected chi connectivity index (χ2v) is 5.42. The van der Waals surface area contributed by atoms with Gasteiger partial charge in [0.15, 0.2) is 0 Å². The summed E-state index contributed by atoms with van der Waals surface area (Å²) in [5.74, 6) is 0.248. The Hall–Kier alpha value is -1.10. The molecule has 0 saturated carbocycles. The lowest BCUT2D eigenvalue weighted by Crippen LogP contribution is -2.32. The highest BCUT2D eigenvalue weighted by Gasteiger charge is 2.21. The zero-order valence-electron chi connectivity index (χ0n) is 9.89. The fourth-order valence-corrected chi connectivity index (χ4v) is 1.61. The lowest BCUT2D eigenvalue weighted by Gasteiger charge is -2.22. The highest BCUT2D eigenvalue weighted by atomic mass is 79.9. The Labute approximate surface area is 109 Å². The molecule has 1 aromatic carbocycles. The van der Waals surface area contributed by atoms with Gasteiger partial charge < -0.3 is 10.5 Å². The predicted molar refractivity (Wildman–Crippen MR) is 69.9 cm³/mol. The second kappa shape index (κ2) is 5.49. The minimum atomic E-state index is -0.398. The fourth-order valence-electron chi connectivity index (χ4n) is 1.17. The van der Waals surface area contributed by atoms with Crippen LogP contribution in [-0.2, 0) is 0 Å². The van der Waals surface area contributed by atoms with Crippen molar-refractivity contribution in [2.45, 2.75) is 20.3 Å². The number of nitrogens with one attached hydrogen (secondary N) is 1. The third-order valence-electron chi connectivity index (χ3n) is 2.56. The van der Waals surface area contributed by atoms with Crippen LogP contribution in [0.25, 0.3) is 0 Å². The minimum Gasteiger partial charge on any atom is -0.493 e. The zero-order valence-corrected chi connectivity index (χ0v) is 11.5. The summed E-state index contributed by atoms with van der Waals surface area (Å²) in [6.45, 7) is 4.14. The minimum absolute atomic E-state index is 0.126. The van der Waals surface area contributed by atoms with Crippen LogP contribution in [0.4, 0.5) is 4.39 Å². The summed E-state index contributed by atoms with van der Waals surface area (Å²) in [5, 5.41) is 7.40. The lowest BCUT2D eigenvalue weighted by molar-refractivity contribution is 0.267. The SMILES string of the molecule is CC(C)(CCOc1cc(F)cc(Br)c1)C(=N)N. The van der Waals surface area contributed by atoms with Crippen molar-refractivity contribution in [2.75, 3.05) is 6.61 Å². The van der Waals surface area contributed by atoms with Gasteiger partial charge in [-0.3, -0.25) is 5.41 Å². The number of ether oxygens (including phenoxy) is 1. The molecule has 0 aliphatic heterocycles. The van der Waals surface area contributed by atoms with Crippen molar-refractivity contribution in [2.24, 2.45) is 11.1 Å². The van der Waals surface area contributed by atoms with E-state index in [-0.39, 0.29) is 11.7 Å². The Morgan fingerprint density at radius 2 is 2.12 bits per heavy atom. The molecule has 94 valence electrons. The van der Waals surface area contributed by atoms with Crippen molar-refractivity contribution in [3.05, 3.63) is 28.5 Å². The highest BCUT2D eigenvalue weighted by Crippen LogP contribution is 2.23. The molecule has 3 nitrogen and oxygen atoms in total. The number of halogens is 2. The third-order valence-corrected chi connectivity index (χ3v) is 3.02. The summed E-state index contributed by atoms with van der Waals surface area (Å²) in [6, 6.07) is 4.39. The number of hydrogen-bond donors (Lipinski definition) is 2. The Morgan fingerprint density at radius 3 is 2.65 bits per heavy atom. The maximum Gasteiger partial charge on any atom is 0.128 e. The Balaban J connectivity index is 2.54. The van der Waals surface area contributed by atoms with Gasteiger partial charge in [-0.05, 0) is 18.6 Å². The van der Waals surface area contributed by atoms with Crippen LogP contribution in [0, 0.1) is 16.6 Å². The standard InChI is InChI=1S/C12H16BrFN2O/c1-12(2,11(15)16)3-4-17-10-6-8(13)5-9(14)7-10/h5-7H,3-4H2,1-2H3,(H3,15,16). The summed E-state index contributed by atoms with van der Waals surface area (Å²) < 4.78 is 19.1. The Bertz CT molecular complexity index is 401. The average Bonchev–Trinajstić information content (AvgIpc) is 2.15. The van der Waals surface area contributed by atoms with Gasteiger partial charge in [-0.1, -0.05) is 29.8 Å². The van der Waals surface area contributed by atoms with E-state index in [1.165, 1.54) is 12.1 Å². The van der Waals surface area contributed by atoms with E-state index < -0.39 is 5.41 Å². The van der Waals surface area contributed by atoms with Crippen molar-refractivity contribution in [3.8, 4) is 5.75 Å². The Kier molecular flexibility index (Phi) is 4.51. The first-order valence-corrected chi connectivity index (χ1v) is 6.04. The van der Waals surface area contributed by atoms with E-state index in [0.29, 0.717) is 23.2 Å². The number of rotatable bonds is 5. The molecule has 5 heteroatoms. The van der Waals surface area contributed by atoms with Gasteiger partial charge in [0, 0.05) is 16.0 Å². The molecule has 17 heavy (non-hydrogen) atoms. The van der Waals surface area contributed by atoms with E-state index >= 15 is 0 Å². The molecule has 0 fully saturated rings. The quantitative estimate of drug-likeness (QED) is 0.647. The zero-order chi connectivity index (χ0) is 13.1. The monoisotopic (exact) mass is 302 g/mol. The molecular formula is C12H16BrFN2O. The fraction of sp³-hybridized carbons (Fsp3) is 0.417. The molecule has 0 aliphatic carbocycles. The van der Waals surface area contributed by atoms with Crippen molar-refractivity contribution in [1.29, 1.82) is 5.41 Å². The number of amidine groups is 1. The summed E-state index contributed by atoms with van der Waals surface area (Å²) >= 11 is 3.19. The van der Waals surface area contributed by atoms with Gasteiger partial charge in [0.1, 0.15) is 11.6 Å². The van der Waals surface area contributed by atoms with E-state index in [4.69, 9.17) is 15.9 Å². The van der Waals surface area contributed by atoms with E-state index in [0.717, 1.165) is 0 Å². The maximum atomic E-state index is 13.1. The number of hydrogen-bond acceptors (Lipinski definition) is 2. The van der Waals surface area contributed by atoms with Crippen molar-refractivity contribution >= 4 is 21.8 Å². The van der Waals surface area contributed by atoms with Crippen LogP contribution >= 0.6 is 15.9 Å². The molecule has 1 aromatic rings. The van der Waals surface area contributed by atoms with Gasteiger partial charge in [0.25, 0.3) is 0 Å². The first-order valence-electron chi connectivity index (χ1n) is 5.25. The van der Waals surface area contributed by atoms with Crippen LogP contribution in [0.2, 0.25) is 0 Å². The summed E-state index contributed by atoms with van der Waals surface area (Å²) in [4.78, 5) is 0. The van der Waals surface area contributed by atoms with E-state index in [2.05, 4.69) is 15.9 Å². The second-order valence-electron chi connectivity index (χ2n) is 4.50.